The molecule has 0 aliphatic rings. The first-order valence-electron chi connectivity index (χ1n) is 8.03. The van der Waals surface area contributed by atoms with E-state index in [4.69, 9.17) is 0 Å². The number of nitrogens with one attached hydrogen (secondary N) is 3. The Morgan fingerprint density at radius 2 is 1.62 bits per heavy atom. The molecule has 6 heteroatoms. The summed E-state index contributed by atoms with van der Waals surface area (Å²) in [6.45, 7) is 8.29. The molecule has 1 amide bonds. The van der Waals surface area contributed by atoms with Crippen LogP contribution in [0.15, 0.2) is 33.9 Å². The number of amides is 1. The lowest BCUT2D eigenvalue weighted by Gasteiger charge is -2.20. The monoisotopic (exact) mass is 329 g/mol. The first kappa shape index (κ1) is 17.7. The van der Waals surface area contributed by atoms with Crippen LogP contribution in [0.1, 0.15) is 56.4 Å². The number of carbonyl (C=O) groups is 1. The number of rotatable bonds is 5. The van der Waals surface area contributed by atoms with Crippen molar-refractivity contribution >= 4 is 11.6 Å². The molecule has 1 aromatic heterocycles. The van der Waals surface area contributed by atoms with Crippen molar-refractivity contribution in [3.63, 3.8) is 0 Å². The zero-order valence-corrected chi connectivity index (χ0v) is 14.4. The maximum absolute atomic E-state index is 12.4. The Kier molecular flexibility index (Phi) is 5.39. The second kappa shape index (κ2) is 7.29. The molecular weight excluding hydrogens is 306 g/mol. The topological polar surface area (TPSA) is 94.8 Å². The van der Waals surface area contributed by atoms with Crippen LogP contribution in [0.5, 0.6) is 0 Å². The van der Waals surface area contributed by atoms with Crippen molar-refractivity contribution in [2.24, 2.45) is 0 Å². The fraction of sp³-hybridized carbons (Fsp3) is 0.389. The van der Waals surface area contributed by atoms with Gasteiger partial charge in [0.25, 0.3) is 5.56 Å². The molecule has 0 atom stereocenters. The fourth-order valence-corrected chi connectivity index (χ4v) is 2.67. The number of H-pyrrole nitrogens is 2. The van der Waals surface area contributed by atoms with Gasteiger partial charge in [-0.3, -0.25) is 14.6 Å². The Morgan fingerprint density at radius 1 is 1.04 bits per heavy atom. The van der Waals surface area contributed by atoms with E-state index in [0.717, 1.165) is 16.8 Å². The van der Waals surface area contributed by atoms with Gasteiger partial charge in [-0.25, -0.2) is 4.79 Å². The molecule has 0 spiro atoms. The highest BCUT2D eigenvalue weighted by Gasteiger charge is 2.16. The summed E-state index contributed by atoms with van der Waals surface area (Å²) in [5.74, 6) is 0.253. The molecule has 1 heterocycles. The number of carbonyl (C=O) groups excluding carboxylic acids is 1. The molecule has 2 rings (SSSR count). The van der Waals surface area contributed by atoms with Crippen LogP contribution >= 0.6 is 0 Å². The third-order valence-corrected chi connectivity index (χ3v) is 3.80. The van der Waals surface area contributed by atoms with Crippen molar-refractivity contribution in [2.45, 2.75) is 46.0 Å². The SMILES string of the molecule is CC(C)c1cccc(C(C)C)c1NC(=O)Cc1cc(=O)[nH]c(=O)[nH]1. The number of hydrogen-bond acceptors (Lipinski definition) is 3. The van der Waals surface area contributed by atoms with Crippen molar-refractivity contribution in [1.82, 2.24) is 9.97 Å². The normalized spacial score (nSPS) is 11.1. The average Bonchev–Trinajstić information content (AvgIpc) is 2.45. The number of aromatic amines is 2. The maximum atomic E-state index is 12.4. The highest BCUT2D eigenvalue weighted by molar-refractivity contribution is 5.93. The van der Waals surface area contributed by atoms with Gasteiger partial charge in [0.2, 0.25) is 5.91 Å². The van der Waals surface area contributed by atoms with Gasteiger partial charge in [-0.2, -0.15) is 0 Å². The average molecular weight is 329 g/mol. The van der Waals surface area contributed by atoms with Gasteiger partial charge in [0.15, 0.2) is 0 Å². The second-order valence-electron chi connectivity index (χ2n) is 6.46. The van der Waals surface area contributed by atoms with E-state index in [2.05, 4.69) is 43.0 Å². The quantitative estimate of drug-likeness (QED) is 0.786. The first-order chi connectivity index (χ1) is 11.3. The fourth-order valence-electron chi connectivity index (χ4n) is 2.67. The number of aromatic nitrogens is 2. The van der Waals surface area contributed by atoms with Crippen molar-refractivity contribution in [2.75, 3.05) is 5.32 Å². The Hall–Kier alpha value is -2.63. The van der Waals surface area contributed by atoms with Crippen LogP contribution in [-0.4, -0.2) is 15.9 Å². The van der Waals surface area contributed by atoms with E-state index in [0.29, 0.717) is 0 Å². The van der Waals surface area contributed by atoms with E-state index in [9.17, 15) is 14.4 Å². The number of para-hydroxylation sites is 1. The van der Waals surface area contributed by atoms with Gasteiger partial charge in [-0.1, -0.05) is 45.9 Å². The van der Waals surface area contributed by atoms with Crippen molar-refractivity contribution < 1.29 is 4.79 Å². The van der Waals surface area contributed by atoms with E-state index < -0.39 is 11.2 Å². The van der Waals surface area contributed by atoms with E-state index in [1.165, 1.54) is 6.07 Å². The van der Waals surface area contributed by atoms with E-state index in [-0.39, 0.29) is 29.9 Å². The van der Waals surface area contributed by atoms with Gasteiger partial charge < -0.3 is 10.3 Å². The van der Waals surface area contributed by atoms with E-state index in [1.54, 1.807) is 0 Å². The summed E-state index contributed by atoms with van der Waals surface area (Å²) in [5.41, 5.74) is 2.10. The molecule has 3 N–H and O–H groups in total. The van der Waals surface area contributed by atoms with Crippen LogP contribution < -0.4 is 16.6 Å². The zero-order chi connectivity index (χ0) is 17.9. The standard InChI is InChI=1S/C18H23N3O3/c1-10(2)13-6-5-7-14(11(3)4)17(13)20-15(22)8-12-9-16(23)21-18(24)19-12/h5-7,9-11H,8H2,1-4H3,(H,20,22)(H2,19,21,23,24). The van der Waals surface area contributed by atoms with Gasteiger partial charge in [0.05, 0.1) is 6.42 Å². The van der Waals surface area contributed by atoms with Crippen molar-refractivity contribution in [3.05, 3.63) is 61.9 Å². The Balaban J connectivity index is 2.31. The summed E-state index contributed by atoms with van der Waals surface area (Å²) in [6.07, 6.45) is -0.0663. The summed E-state index contributed by atoms with van der Waals surface area (Å²) in [6, 6.07) is 7.22. The molecule has 6 nitrogen and oxygen atoms in total. The molecule has 0 radical (unpaired) electrons. The molecule has 1 aromatic carbocycles. The van der Waals surface area contributed by atoms with Crippen molar-refractivity contribution in [3.8, 4) is 0 Å². The van der Waals surface area contributed by atoms with Crippen LogP contribution in [0.3, 0.4) is 0 Å². The minimum Gasteiger partial charge on any atom is -0.325 e. The van der Waals surface area contributed by atoms with Gasteiger partial charge in [-0.05, 0) is 23.0 Å². The Bertz CT molecular complexity index is 793. The molecular formula is C18H23N3O3. The van der Waals surface area contributed by atoms with Gasteiger partial charge in [-0.15, -0.1) is 0 Å². The number of benzene rings is 1. The molecule has 2 aromatic rings. The van der Waals surface area contributed by atoms with Gasteiger partial charge >= 0.3 is 5.69 Å². The summed E-state index contributed by atoms with van der Waals surface area (Å²) < 4.78 is 0. The van der Waals surface area contributed by atoms with Crippen LogP contribution in [0.25, 0.3) is 0 Å². The Labute approximate surface area is 140 Å². The lowest BCUT2D eigenvalue weighted by atomic mass is 9.92. The predicted octanol–water partition coefficient (Wildman–Crippen LogP) is 2.49. The summed E-state index contributed by atoms with van der Waals surface area (Å²) in [5, 5.41) is 2.96. The summed E-state index contributed by atoms with van der Waals surface area (Å²) in [7, 11) is 0. The second-order valence-corrected chi connectivity index (χ2v) is 6.46. The molecule has 0 unspecified atom stereocenters. The molecule has 0 aliphatic heterocycles. The smallest absolute Gasteiger partial charge is 0.325 e. The molecule has 0 fully saturated rings. The lowest BCUT2D eigenvalue weighted by molar-refractivity contribution is -0.115. The number of hydrogen-bond donors (Lipinski definition) is 3. The Morgan fingerprint density at radius 3 is 2.12 bits per heavy atom. The minimum absolute atomic E-state index is 0.0663. The summed E-state index contributed by atoms with van der Waals surface area (Å²) in [4.78, 5) is 39.6. The minimum atomic E-state index is -0.615. The third kappa shape index (κ3) is 4.22. The summed E-state index contributed by atoms with van der Waals surface area (Å²) >= 11 is 0. The largest absolute Gasteiger partial charge is 0.325 e. The van der Waals surface area contributed by atoms with Crippen LogP contribution in [0, 0.1) is 0 Å². The molecule has 0 saturated heterocycles. The molecule has 0 bridgehead atoms. The van der Waals surface area contributed by atoms with Crippen LogP contribution in [0.2, 0.25) is 0 Å². The third-order valence-electron chi connectivity index (χ3n) is 3.80. The molecule has 0 saturated carbocycles. The predicted molar refractivity (Wildman–Crippen MR) is 94.6 cm³/mol. The van der Waals surface area contributed by atoms with Crippen LogP contribution in [0.4, 0.5) is 5.69 Å². The lowest BCUT2D eigenvalue weighted by Crippen LogP contribution is -2.26. The zero-order valence-electron chi connectivity index (χ0n) is 14.4. The van der Waals surface area contributed by atoms with E-state index >= 15 is 0 Å². The number of anilines is 1. The first-order valence-corrected chi connectivity index (χ1v) is 8.03. The van der Waals surface area contributed by atoms with Crippen LogP contribution in [-0.2, 0) is 11.2 Å². The highest BCUT2D eigenvalue weighted by Crippen LogP contribution is 2.32. The molecule has 128 valence electrons. The maximum Gasteiger partial charge on any atom is 0.325 e. The van der Waals surface area contributed by atoms with Gasteiger partial charge in [0, 0.05) is 17.4 Å². The highest BCUT2D eigenvalue weighted by atomic mass is 16.2. The van der Waals surface area contributed by atoms with Crippen molar-refractivity contribution in [1.29, 1.82) is 0 Å². The molecule has 24 heavy (non-hydrogen) atoms. The molecule has 0 aliphatic carbocycles. The van der Waals surface area contributed by atoms with Gasteiger partial charge in [0.1, 0.15) is 0 Å². The van der Waals surface area contributed by atoms with E-state index in [1.807, 2.05) is 18.2 Å².